The quantitative estimate of drug-likeness (QED) is 0.694. The van der Waals surface area contributed by atoms with Gasteiger partial charge in [-0.2, -0.15) is 0 Å². The molecular formula is C22H26F2N2O3. The molecule has 0 aliphatic rings. The average molecular weight is 404 g/mol. The third-order valence-corrected chi connectivity index (χ3v) is 4.64. The van der Waals surface area contributed by atoms with Gasteiger partial charge in [0.25, 0.3) is 5.91 Å². The standard InChI is InChI=1S/C22H26F2N2O3/c1-4-15(2)25-22(28)16(3)26(13-17-7-5-6-8-20(17)24)21(27)14-29-19-11-9-18(23)10-12-19/h5-12,15-16H,4,13-14H2,1-3H3,(H,25,28)/t15-,16+/m1/s1. The van der Waals surface area contributed by atoms with Crippen molar-refractivity contribution in [3.8, 4) is 5.75 Å². The van der Waals surface area contributed by atoms with Gasteiger partial charge in [-0.15, -0.1) is 0 Å². The molecule has 0 fully saturated rings. The van der Waals surface area contributed by atoms with E-state index < -0.39 is 23.6 Å². The van der Waals surface area contributed by atoms with Crippen LogP contribution >= 0.6 is 0 Å². The number of carbonyl (C=O) groups is 2. The highest BCUT2D eigenvalue weighted by Crippen LogP contribution is 2.15. The van der Waals surface area contributed by atoms with E-state index in [1.165, 1.54) is 35.2 Å². The number of benzene rings is 2. The summed E-state index contributed by atoms with van der Waals surface area (Å²) in [7, 11) is 0. The highest BCUT2D eigenvalue weighted by Gasteiger charge is 2.27. The van der Waals surface area contributed by atoms with Gasteiger partial charge in [-0.1, -0.05) is 25.1 Å². The van der Waals surface area contributed by atoms with E-state index in [0.29, 0.717) is 11.3 Å². The van der Waals surface area contributed by atoms with Gasteiger partial charge in [-0.25, -0.2) is 8.78 Å². The Morgan fingerprint density at radius 1 is 1.07 bits per heavy atom. The minimum absolute atomic E-state index is 0.0502. The maximum absolute atomic E-state index is 14.1. The van der Waals surface area contributed by atoms with Crippen LogP contribution in [-0.4, -0.2) is 35.4 Å². The van der Waals surface area contributed by atoms with Gasteiger partial charge in [0.15, 0.2) is 6.61 Å². The average Bonchev–Trinajstić information content (AvgIpc) is 2.71. The monoisotopic (exact) mass is 404 g/mol. The lowest BCUT2D eigenvalue weighted by Crippen LogP contribution is -2.50. The Morgan fingerprint density at radius 3 is 2.34 bits per heavy atom. The molecule has 0 saturated heterocycles. The molecule has 0 aromatic heterocycles. The van der Waals surface area contributed by atoms with E-state index in [4.69, 9.17) is 4.74 Å². The van der Waals surface area contributed by atoms with Crippen molar-refractivity contribution in [2.45, 2.75) is 45.8 Å². The van der Waals surface area contributed by atoms with E-state index in [2.05, 4.69) is 5.32 Å². The molecule has 0 aliphatic carbocycles. The first kappa shape index (κ1) is 22.3. The lowest BCUT2D eigenvalue weighted by atomic mass is 10.1. The third-order valence-electron chi connectivity index (χ3n) is 4.64. The van der Waals surface area contributed by atoms with Crippen LogP contribution in [0.25, 0.3) is 0 Å². The molecule has 0 radical (unpaired) electrons. The number of carbonyl (C=O) groups excluding carboxylic acids is 2. The number of ether oxygens (including phenoxy) is 1. The van der Waals surface area contributed by atoms with Gasteiger partial charge < -0.3 is 15.0 Å². The third kappa shape index (κ3) is 6.55. The van der Waals surface area contributed by atoms with Crippen LogP contribution in [0, 0.1) is 11.6 Å². The summed E-state index contributed by atoms with van der Waals surface area (Å²) in [6.07, 6.45) is 0.743. The van der Waals surface area contributed by atoms with Crippen LogP contribution in [0.3, 0.4) is 0 Å². The van der Waals surface area contributed by atoms with Gasteiger partial charge in [-0.05, 0) is 50.6 Å². The van der Waals surface area contributed by atoms with Gasteiger partial charge in [0.1, 0.15) is 23.4 Å². The number of nitrogens with zero attached hydrogens (tertiary/aromatic N) is 1. The van der Waals surface area contributed by atoms with Crippen molar-refractivity contribution in [3.05, 3.63) is 65.7 Å². The van der Waals surface area contributed by atoms with Gasteiger partial charge in [0.05, 0.1) is 0 Å². The molecule has 0 spiro atoms. The van der Waals surface area contributed by atoms with E-state index >= 15 is 0 Å². The van der Waals surface area contributed by atoms with Crippen molar-refractivity contribution in [1.82, 2.24) is 10.2 Å². The molecular weight excluding hydrogens is 378 g/mol. The first-order chi connectivity index (χ1) is 13.8. The normalized spacial score (nSPS) is 12.7. The lowest BCUT2D eigenvalue weighted by Gasteiger charge is -2.29. The zero-order chi connectivity index (χ0) is 21.4. The molecule has 2 atom stereocenters. The molecule has 156 valence electrons. The lowest BCUT2D eigenvalue weighted by molar-refractivity contribution is -0.142. The molecule has 0 unspecified atom stereocenters. The molecule has 29 heavy (non-hydrogen) atoms. The SMILES string of the molecule is CC[C@@H](C)NC(=O)[C@H](C)N(Cc1ccccc1F)C(=O)COc1ccc(F)cc1. The predicted octanol–water partition coefficient (Wildman–Crippen LogP) is 3.68. The number of amides is 2. The van der Waals surface area contributed by atoms with E-state index in [-0.39, 0.29) is 25.1 Å². The predicted molar refractivity (Wildman–Crippen MR) is 106 cm³/mol. The van der Waals surface area contributed by atoms with Crippen LogP contribution in [0.2, 0.25) is 0 Å². The molecule has 7 heteroatoms. The van der Waals surface area contributed by atoms with Crippen molar-refractivity contribution in [1.29, 1.82) is 0 Å². The number of nitrogens with one attached hydrogen (secondary N) is 1. The van der Waals surface area contributed by atoms with Crippen LogP contribution in [-0.2, 0) is 16.1 Å². The summed E-state index contributed by atoms with van der Waals surface area (Å²) in [4.78, 5) is 26.7. The maximum atomic E-state index is 14.1. The van der Waals surface area contributed by atoms with Crippen molar-refractivity contribution < 1.29 is 23.1 Å². The number of rotatable bonds is 9. The summed E-state index contributed by atoms with van der Waals surface area (Å²) in [5.74, 6) is -1.36. The number of hydrogen-bond acceptors (Lipinski definition) is 3. The first-order valence-corrected chi connectivity index (χ1v) is 9.53. The summed E-state index contributed by atoms with van der Waals surface area (Å²) in [5, 5.41) is 2.84. The second-order valence-electron chi connectivity index (χ2n) is 6.85. The minimum atomic E-state index is -0.826. The zero-order valence-electron chi connectivity index (χ0n) is 16.8. The molecule has 0 bridgehead atoms. The van der Waals surface area contributed by atoms with E-state index in [9.17, 15) is 18.4 Å². The van der Waals surface area contributed by atoms with Crippen LogP contribution in [0.1, 0.15) is 32.8 Å². The molecule has 0 aliphatic heterocycles. The van der Waals surface area contributed by atoms with Crippen molar-refractivity contribution in [2.75, 3.05) is 6.61 Å². The second-order valence-corrected chi connectivity index (χ2v) is 6.85. The summed E-state index contributed by atoms with van der Waals surface area (Å²) in [5.41, 5.74) is 0.297. The first-order valence-electron chi connectivity index (χ1n) is 9.53. The Kier molecular flexibility index (Phi) is 8.12. The molecule has 5 nitrogen and oxygen atoms in total. The van der Waals surface area contributed by atoms with Crippen LogP contribution in [0.15, 0.2) is 48.5 Å². The van der Waals surface area contributed by atoms with Gasteiger partial charge in [-0.3, -0.25) is 9.59 Å². The van der Waals surface area contributed by atoms with Crippen LogP contribution in [0.5, 0.6) is 5.75 Å². The van der Waals surface area contributed by atoms with Crippen LogP contribution in [0.4, 0.5) is 8.78 Å². The van der Waals surface area contributed by atoms with E-state index in [1.807, 2.05) is 13.8 Å². The molecule has 2 amide bonds. The van der Waals surface area contributed by atoms with Crippen molar-refractivity contribution >= 4 is 11.8 Å². The largest absolute Gasteiger partial charge is 0.484 e. The topological polar surface area (TPSA) is 58.6 Å². The number of halogens is 2. The summed E-state index contributed by atoms with van der Waals surface area (Å²) >= 11 is 0. The van der Waals surface area contributed by atoms with Crippen molar-refractivity contribution in [3.63, 3.8) is 0 Å². The van der Waals surface area contributed by atoms with Gasteiger partial charge in [0.2, 0.25) is 5.91 Å². The molecule has 2 aromatic carbocycles. The Hall–Kier alpha value is -2.96. The smallest absolute Gasteiger partial charge is 0.261 e. The summed E-state index contributed by atoms with van der Waals surface area (Å²) < 4.78 is 32.6. The fraction of sp³-hybridized carbons (Fsp3) is 0.364. The summed E-state index contributed by atoms with van der Waals surface area (Å²) in [6, 6.07) is 10.5. The Morgan fingerprint density at radius 2 is 1.72 bits per heavy atom. The Bertz CT molecular complexity index is 827. The Balaban J connectivity index is 2.15. The highest BCUT2D eigenvalue weighted by molar-refractivity contribution is 5.88. The van der Waals surface area contributed by atoms with Crippen LogP contribution < -0.4 is 10.1 Å². The summed E-state index contributed by atoms with van der Waals surface area (Å²) in [6.45, 7) is 4.96. The van der Waals surface area contributed by atoms with E-state index in [1.54, 1.807) is 25.1 Å². The zero-order valence-corrected chi connectivity index (χ0v) is 16.8. The van der Waals surface area contributed by atoms with Crippen molar-refractivity contribution in [2.24, 2.45) is 0 Å². The fourth-order valence-corrected chi connectivity index (χ4v) is 2.62. The second kappa shape index (κ2) is 10.5. The number of hydrogen-bond donors (Lipinski definition) is 1. The molecule has 2 aromatic rings. The van der Waals surface area contributed by atoms with Gasteiger partial charge >= 0.3 is 0 Å². The van der Waals surface area contributed by atoms with Gasteiger partial charge in [0, 0.05) is 18.2 Å². The maximum Gasteiger partial charge on any atom is 0.261 e. The molecule has 2 rings (SSSR count). The molecule has 0 heterocycles. The molecule has 0 saturated carbocycles. The fourth-order valence-electron chi connectivity index (χ4n) is 2.62. The minimum Gasteiger partial charge on any atom is -0.484 e. The molecule has 1 N–H and O–H groups in total. The van der Waals surface area contributed by atoms with E-state index in [0.717, 1.165) is 6.42 Å². The Labute approximate surface area is 169 Å². The highest BCUT2D eigenvalue weighted by atomic mass is 19.1.